The van der Waals surface area contributed by atoms with E-state index in [-0.39, 0.29) is 24.2 Å². The van der Waals surface area contributed by atoms with Crippen molar-refractivity contribution in [1.29, 1.82) is 0 Å². The highest BCUT2D eigenvalue weighted by Gasteiger charge is 2.24. The number of nitrogens with one attached hydrogen (secondary N) is 1. The van der Waals surface area contributed by atoms with Crippen molar-refractivity contribution in [2.24, 2.45) is 0 Å². The van der Waals surface area contributed by atoms with Gasteiger partial charge in [0.2, 0.25) is 5.91 Å². The number of alkyl halides is 2. The summed E-state index contributed by atoms with van der Waals surface area (Å²) in [5, 5.41) is 2.73. The third-order valence-corrected chi connectivity index (χ3v) is 5.01. The highest BCUT2D eigenvalue weighted by molar-refractivity contribution is 5.79. The lowest BCUT2D eigenvalue weighted by molar-refractivity contribution is -0.131. The van der Waals surface area contributed by atoms with Gasteiger partial charge in [-0.05, 0) is 18.6 Å². The number of benzene rings is 2. The first-order valence-electron chi connectivity index (χ1n) is 9.81. The van der Waals surface area contributed by atoms with E-state index in [0.717, 1.165) is 11.1 Å². The van der Waals surface area contributed by atoms with Crippen molar-refractivity contribution in [1.82, 2.24) is 15.1 Å². The standard InChI is InChI=1S/C22H25F2N3O3/c1-16-6-8-17(9-7-16)14-20(28)26-10-12-27(13-11-26)22(29)25-15-18-4-2-3-5-19(18)30-21(23)24/h2-9,21H,10-15H2,1H3,(H,25,29). The minimum Gasteiger partial charge on any atom is -0.434 e. The van der Waals surface area contributed by atoms with Crippen molar-refractivity contribution in [3.8, 4) is 5.75 Å². The second-order valence-electron chi connectivity index (χ2n) is 7.18. The molecule has 3 amide bonds. The molecule has 1 aliphatic heterocycles. The molecule has 0 unspecified atom stereocenters. The van der Waals surface area contributed by atoms with E-state index in [1.165, 1.54) is 6.07 Å². The molecule has 0 aliphatic carbocycles. The zero-order valence-electron chi connectivity index (χ0n) is 16.8. The fourth-order valence-corrected chi connectivity index (χ4v) is 3.29. The van der Waals surface area contributed by atoms with Crippen LogP contribution in [-0.2, 0) is 17.8 Å². The lowest BCUT2D eigenvalue weighted by Crippen LogP contribution is -2.53. The molecule has 0 atom stereocenters. The summed E-state index contributed by atoms with van der Waals surface area (Å²) in [6.45, 7) is 0.912. The van der Waals surface area contributed by atoms with Crippen LogP contribution in [0, 0.1) is 6.92 Å². The molecule has 1 saturated heterocycles. The van der Waals surface area contributed by atoms with Crippen molar-refractivity contribution in [3.05, 3.63) is 65.2 Å². The van der Waals surface area contributed by atoms with Gasteiger partial charge in [0.1, 0.15) is 5.75 Å². The number of piperazine rings is 1. The van der Waals surface area contributed by atoms with Gasteiger partial charge in [0.25, 0.3) is 0 Å². The van der Waals surface area contributed by atoms with Gasteiger partial charge < -0.3 is 19.9 Å². The van der Waals surface area contributed by atoms with Crippen LogP contribution in [0.4, 0.5) is 13.6 Å². The second kappa shape index (κ2) is 10.0. The number of hydrogen-bond acceptors (Lipinski definition) is 3. The predicted molar refractivity (Wildman–Crippen MR) is 108 cm³/mol. The smallest absolute Gasteiger partial charge is 0.387 e. The average Bonchev–Trinajstić information content (AvgIpc) is 2.74. The van der Waals surface area contributed by atoms with E-state index in [0.29, 0.717) is 38.2 Å². The molecular formula is C22H25F2N3O3. The van der Waals surface area contributed by atoms with E-state index >= 15 is 0 Å². The van der Waals surface area contributed by atoms with Crippen molar-refractivity contribution >= 4 is 11.9 Å². The van der Waals surface area contributed by atoms with E-state index in [1.807, 2.05) is 31.2 Å². The molecule has 1 fully saturated rings. The monoisotopic (exact) mass is 417 g/mol. The first kappa shape index (κ1) is 21.5. The molecule has 8 heteroatoms. The minimum absolute atomic E-state index is 0.0389. The highest BCUT2D eigenvalue weighted by atomic mass is 19.3. The van der Waals surface area contributed by atoms with Gasteiger partial charge in [0.15, 0.2) is 0 Å². The van der Waals surface area contributed by atoms with E-state index in [4.69, 9.17) is 0 Å². The molecule has 0 saturated carbocycles. The molecule has 1 N–H and O–H groups in total. The summed E-state index contributed by atoms with van der Waals surface area (Å²) in [6.07, 6.45) is 0.341. The molecule has 160 valence electrons. The van der Waals surface area contributed by atoms with Gasteiger partial charge >= 0.3 is 12.6 Å². The fraction of sp³-hybridized carbons (Fsp3) is 0.364. The maximum Gasteiger partial charge on any atom is 0.387 e. The number of carbonyl (C=O) groups excluding carboxylic acids is 2. The first-order valence-corrected chi connectivity index (χ1v) is 9.81. The van der Waals surface area contributed by atoms with Gasteiger partial charge in [0.05, 0.1) is 6.42 Å². The van der Waals surface area contributed by atoms with Crippen LogP contribution in [0.3, 0.4) is 0 Å². The zero-order chi connectivity index (χ0) is 21.5. The average molecular weight is 417 g/mol. The van der Waals surface area contributed by atoms with Crippen LogP contribution >= 0.6 is 0 Å². The molecule has 0 aromatic heterocycles. The summed E-state index contributed by atoms with van der Waals surface area (Å²) in [5.74, 6) is 0.0799. The number of aryl methyl sites for hydroxylation is 1. The number of urea groups is 1. The van der Waals surface area contributed by atoms with Crippen molar-refractivity contribution < 1.29 is 23.1 Å². The van der Waals surface area contributed by atoms with Gasteiger partial charge in [-0.1, -0.05) is 48.0 Å². The number of carbonyl (C=O) groups is 2. The Kier molecular flexibility index (Phi) is 7.21. The summed E-state index contributed by atoms with van der Waals surface area (Å²) in [6, 6.07) is 13.9. The van der Waals surface area contributed by atoms with Gasteiger partial charge in [-0.2, -0.15) is 8.78 Å². The molecule has 2 aromatic rings. The molecule has 1 aliphatic rings. The number of rotatable bonds is 6. The number of para-hydroxylation sites is 1. The predicted octanol–water partition coefficient (Wildman–Crippen LogP) is 3.19. The summed E-state index contributed by atoms with van der Waals surface area (Å²) in [4.78, 5) is 28.3. The van der Waals surface area contributed by atoms with E-state index < -0.39 is 6.61 Å². The van der Waals surface area contributed by atoms with Crippen LogP contribution in [-0.4, -0.2) is 54.5 Å². The Bertz CT molecular complexity index is 866. The Hall–Kier alpha value is -3.16. The number of amides is 3. The third kappa shape index (κ3) is 5.92. The molecule has 6 nitrogen and oxygen atoms in total. The van der Waals surface area contributed by atoms with Crippen LogP contribution in [0.25, 0.3) is 0 Å². The molecule has 2 aromatic carbocycles. The zero-order valence-corrected chi connectivity index (χ0v) is 16.8. The van der Waals surface area contributed by atoms with Crippen molar-refractivity contribution in [3.63, 3.8) is 0 Å². The second-order valence-corrected chi connectivity index (χ2v) is 7.18. The Morgan fingerprint density at radius 3 is 2.30 bits per heavy atom. The van der Waals surface area contributed by atoms with E-state index in [1.54, 1.807) is 28.0 Å². The quantitative estimate of drug-likeness (QED) is 0.785. The Labute approximate surface area is 174 Å². The minimum atomic E-state index is -2.92. The van der Waals surface area contributed by atoms with Gasteiger partial charge in [-0.25, -0.2) is 4.79 Å². The molecule has 30 heavy (non-hydrogen) atoms. The topological polar surface area (TPSA) is 61.9 Å². The van der Waals surface area contributed by atoms with Gasteiger partial charge in [-0.15, -0.1) is 0 Å². The van der Waals surface area contributed by atoms with Crippen LogP contribution < -0.4 is 10.1 Å². The van der Waals surface area contributed by atoms with Crippen molar-refractivity contribution in [2.75, 3.05) is 26.2 Å². The Morgan fingerprint density at radius 2 is 1.63 bits per heavy atom. The fourth-order valence-electron chi connectivity index (χ4n) is 3.29. The summed E-state index contributed by atoms with van der Waals surface area (Å²) < 4.78 is 29.5. The van der Waals surface area contributed by atoms with Crippen LogP contribution in [0.5, 0.6) is 5.75 Å². The maximum atomic E-state index is 12.5. The van der Waals surface area contributed by atoms with Crippen LogP contribution in [0.15, 0.2) is 48.5 Å². The highest BCUT2D eigenvalue weighted by Crippen LogP contribution is 2.20. The molecular weight excluding hydrogens is 392 g/mol. The summed E-state index contributed by atoms with van der Waals surface area (Å²) in [7, 11) is 0. The van der Waals surface area contributed by atoms with E-state index in [2.05, 4.69) is 10.1 Å². The maximum absolute atomic E-state index is 12.5. The molecule has 3 rings (SSSR count). The largest absolute Gasteiger partial charge is 0.434 e. The Balaban J connectivity index is 1.46. The number of halogens is 2. The number of hydrogen-bond donors (Lipinski definition) is 1. The molecule has 0 spiro atoms. The summed E-state index contributed by atoms with van der Waals surface area (Å²) in [5.41, 5.74) is 2.59. The Morgan fingerprint density at radius 1 is 1.00 bits per heavy atom. The number of nitrogens with zero attached hydrogens (tertiary/aromatic N) is 2. The lowest BCUT2D eigenvalue weighted by atomic mass is 10.1. The van der Waals surface area contributed by atoms with E-state index in [9.17, 15) is 18.4 Å². The van der Waals surface area contributed by atoms with Crippen molar-refractivity contribution in [2.45, 2.75) is 26.5 Å². The molecule has 0 radical (unpaired) electrons. The SMILES string of the molecule is Cc1ccc(CC(=O)N2CCN(C(=O)NCc3ccccc3OC(F)F)CC2)cc1. The van der Waals surface area contributed by atoms with Crippen LogP contribution in [0.2, 0.25) is 0 Å². The van der Waals surface area contributed by atoms with Gasteiger partial charge in [0, 0.05) is 38.3 Å². The summed E-state index contributed by atoms with van der Waals surface area (Å²) >= 11 is 0. The molecule has 0 bridgehead atoms. The third-order valence-electron chi connectivity index (χ3n) is 5.01. The number of ether oxygens (including phenoxy) is 1. The first-order chi connectivity index (χ1) is 14.4. The molecule has 1 heterocycles. The lowest BCUT2D eigenvalue weighted by Gasteiger charge is -2.34. The normalized spacial score (nSPS) is 14.0. The van der Waals surface area contributed by atoms with Gasteiger partial charge in [-0.3, -0.25) is 4.79 Å². The van der Waals surface area contributed by atoms with Crippen LogP contribution in [0.1, 0.15) is 16.7 Å².